The van der Waals surface area contributed by atoms with Crippen LogP contribution in [0.3, 0.4) is 0 Å². The molecule has 0 spiro atoms. The highest BCUT2D eigenvalue weighted by atomic mass is 79.9. The number of fused-ring (bicyclic) bond motifs is 1. The molecule has 1 amide bonds. The Morgan fingerprint density at radius 3 is 2.72 bits per heavy atom. The summed E-state index contributed by atoms with van der Waals surface area (Å²) in [6.45, 7) is 0. The van der Waals surface area contributed by atoms with Gasteiger partial charge in [-0.25, -0.2) is 0 Å². The highest BCUT2D eigenvalue weighted by molar-refractivity contribution is 9.10. The fourth-order valence-electron chi connectivity index (χ4n) is 3.24. The van der Waals surface area contributed by atoms with Gasteiger partial charge in [-0.15, -0.1) is 0 Å². The third kappa shape index (κ3) is 3.24. The van der Waals surface area contributed by atoms with E-state index in [-0.39, 0.29) is 5.91 Å². The van der Waals surface area contributed by atoms with Gasteiger partial charge in [-0.3, -0.25) is 4.79 Å². The zero-order chi connectivity index (χ0) is 17.2. The Kier molecular flexibility index (Phi) is 4.40. The van der Waals surface area contributed by atoms with E-state index in [1.807, 2.05) is 30.3 Å². The summed E-state index contributed by atoms with van der Waals surface area (Å²) in [7, 11) is 0. The van der Waals surface area contributed by atoms with Gasteiger partial charge in [0, 0.05) is 10.0 Å². The third-order valence-corrected chi connectivity index (χ3v) is 5.24. The van der Waals surface area contributed by atoms with Crippen LogP contribution in [0.2, 0.25) is 0 Å². The number of aromatic nitrogens is 1. The number of aryl methyl sites for hydroxylation is 2. The Morgan fingerprint density at radius 1 is 1.08 bits per heavy atom. The number of amides is 1. The van der Waals surface area contributed by atoms with E-state index in [1.165, 1.54) is 30.2 Å². The lowest BCUT2D eigenvalue weighted by molar-refractivity contribution is 0.102. The van der Waals surface area contributed by atoms with Crippen LogP contribution in [0.5, 0.6) is 0 Å². The Morgan fingerprint density at radius 2 is 1.88 bits per heavy atom. The summed E-state index contributed by atoms with van der Waals surface area (Å²) in [5, 5.41) is 6.75. The maximum absolute atomic E-state index is 12.7. The molecule has 4 rings (SSSR count). The molecule has 1 N–H and O–H groups in total. The normalized spacial score (nSPS) is 13.3. The number of rotatable bonds is 3. The van der Waals surface area contributed by atoms with Gasteiger partial charge in [-0.05, 0) is 70.9 Å². The van der Waals surface area contributed by atoms with Crippen LogP contribution in [0.1, 0.15) is 34.3 Å². The number of benzene rings is 2. The van der Waals surface area contributed by atoms with Gasteiger partial charge < -0.3 is 9.84 Å². The molecule has 1 aliphatic carbocycles. The van der Waals surface area contributed by atoms with Crippen molar-refractivity contribution in [2.75, 3.05) is 5.32 Å². The molecule has 5 heteroatoms. The first-order chi connectivity index (χ1) is 12.2. The number of hydrogen-bond acceptors (Lipinski definition) is 3. The van der Waals surface area contributed by atoms with E-state index >= 15 is 0 Å². The van der Waals surface area contributed by atoms with Crippen molar-refractivity contribution in [1.29, 1.82) is 0 Å². The summed E-state index contributed by atoms with van der Waals surface area (Å²) in [5.74, 6) is 0.277. The number of carbonyl (C=O) groups excluding carboxylic acids is 1. The van der Waals surface area contributed by atoms with Crippen LogP contribution in [0, 0.1) is 0 Å². The minimum Gasteiger partial charge on any atom is -0.355 e. The molecule has 3 aromatic rings. The minimum atomic E-state index is -0.235. The van der Waals surface area contributed by atoms with Crippen molar-refractivity contribution in [3.05, 3.63) is 69.8 Å². The summed E-state index contributed by atoms with van der Waals surface area (Å²) in [6, 6.07) is 13.8. The van der Waals surface area contributed by atoms with Crippen molar-refractivity contribution < 1.29 is 9.32 Å². The number of nitrogens with zero attached hydrogens (tertiary/aromatic N) is 1. The molecule has 126 valence electrons. The number of anilines is 1. The first-order valence-electron chi connectivity index (χ1n) is 8.35. The van der Waals surface area contributed by atoms with Gasteiger partial charge in [0.2, 0.25) is 0 Å². The van der Waals surface area contributed by atoms with Crippen molar-refractivity contribution >= 4 is 27.5 Å². The fraction of sp³-hybridized carbons (Fsp3) is 0.200. The van der Waals surface area contributed by atoms with Crippen LogP contribution in [0.15, 0.2) is 57.7 Å². The number of hydrogen-bond donors (Lipinski definition) is 1. The maximum Gasteiger partial charge on any atom is 0.261 e. The zero-order valence-electron chi connectivity index (χ0n) is 13.6. The molecule has 25 heavy (non-hydrogen) atoms. The number of carbonyl (C=O) groups is 1. The van der Waals surface area contributed by atoms with Crippen LogP contribution >= 0.6 is 15.9 Å². The molecule has 0 saturated carbocycles. The average molecular weight is 397 g/mol. The van der Waals surface area contributed by atoms with Crippen LogP contribution in [-0.4, -0.2) is 11.1 Å². The number of halogens is 1. The molecule has 4 nitrogen and oxygen atoms in total. The predicted octanol–water partition coefficient (Wildman–Crippen LogP) is 5.24. The zero-order valence-corrected chi connectivity index (χ0v) is 15.2. The molecule has 1 aromatic heterocycles. The third-order valence-electron chi connectivity index (χ3n) is 4.55. The molecule has 0 radical (unpaired) electrons. The first kappa shape index (κ1) is 16.1. The Labute approximate surface area is 154 Å². The average Bonchev–Trinajstić information content (AvgIpc) is 3.13. The van der Waals surface area contributed by atoms with Gasteiger partial charge >= 0.3 is 0 Å². The standard InChI is InChI=1S/C20H17BrN2O2/c21-17-7-3-4-8-18(17)23-20(24)16-12-22-25-19(16)15-10-9-13-5-1-2-6-14(13)11-15/h3-4,7-12H,1-2,5-6H2,(H,23,24). The van der Waals surface area contributed by atoms with Gasteiger partial charge in [0.1, 0.15) is 5.56 Å². The Bertz CT molecular complexity index is 933. The van der Waals surface area contributed by atoms with E-state index in [4.69, 9.17) is 4.52 Å². The summed E-state index contributed by atoms with van der Waals surface area (Å²) in [6.07, 6.45) is 6.13. The smallest absolute Gasteiger partial charge is 0.261 e. The first-order valence-corrected chi connectivity index (χ1v) is 9.14. The van der Waals surface area contributed by atoms with E-state index in [0.717, 1.165) is 22.9 Å². The van der Waals surface area contributed by atoms with E-state index < -0.39 is 0 Å². The second-order valence-corrected chi connectivity index (χ2v) is 7.05. The lowest BCUT2D eigenvalue weighted by Crippen LogP contribution is -2.12. The Balaban J connectivity index is 1.64. The van der Waals surface area contributed by atoms with Gasteiger partial charge in [0.25, 0.3) is 5.91 Å². The molecular formula is C20H17BrN2O2. The van der Waals surface area contributed by atoms with Crippen molar-refractivity contribution in [2.24, 2.45) is 0 Å². The summed E-state index contributed by atoms with van der Waals surface area (Å²) >= 11 is 3.44. The highest BCUT2D eigenvalue weighted by Gasteiger charge is 2.20. The second-order valence-electron chi connectivity index (χ2n) is 6.19. The van der Waals surface area contributed by atoms with Gasteiger partial charge in [0.05, 0.1) is 11.9 Å². The van der Waals surface area contributed by atoms with Crippen molar-refractivity contribution in [3.8, 4) is 11.3 Å². The quantitative estimate of drug-likeness (QED) is 0.658. The van der Waals surface area contributed by atoms with Gasteiger partial charge in [0.15, 0.2) is 5.76 Å². The van der Waals surface area contributed by atoms with Crippen molar-refractivity contribution in [2.45, 2.75) is 25.7 Å². The molecule has 0 unspecified atom stereocenters. The molecule has 1 aliphatic rings. The summed E-state index contributed by atoms with van der Waals surface area (Å²) in [4.78, 5) is 12.7. The van der Waals surface area contributed by atoms with Crippen molar-refractivity contribution in [1.82, 2.24) is 5.16 Å². The number of nitrogens with one attached hydrogen (secondary N) is 1. The minimum absolute atomic E-state index is 0.235. The van der Waals surface area contributed by atoms with E-state index in [0.29, 0.717) is 17.0 Å². The second kappa shape index (κ2) is 6.84. The molecule has 0 fully saturated rings. The maximum atomic E-state index is 12.7. The largest absolute Gasteiger partial charge is 0.355 e. The summed E-state index contributed by atoms with van der Waals surface area (Å²) in [5.41, 5.74) is 4.79. The molecule has 0 saturated heterocycles. The van der Waals surface area contributed by atoms with Crippen LogP contribution in [-0.2, 0) is 12.8 Å². The Hall–Kier alpha value is -2.40. The van der Waals surface area contributed by atoms with Crippen LogP contribution < -0.4 is 5.32 Å². The van der Waals surface area contributed by atoms with Gasteiger partial charge in [-0.1, -0.05) is 29.4 Å². The van der Waals surface area contributed by atoms with Crippen LogP contribution in [0.25, 0.3) is 11.3 Å². The van der Waals surface area contributed by atoms with E-state index in [2.05, 4.69) is 38.5 Å². The van der Waals surface area contributed by atoms with Gasteiger partial charge in [-0.2, -0.15) is 0 Å². The van der Waals surface area contributed by atoms with Crippen molar-refractivity contribution in [3.63, 3.8) is 0 Å². The monoisotopic (exact) mass is 396 g/mol. The van der Waals surface area contributed by atoms with E-state index in [9.17, 15) is 4.79 Å². The molecule has 0 aliphatic heterocycles. The molecule has 2 aromatic carbocycles. The lowest BCUT2D eigenvalue weighted by atomic mass is 9.90. The topological polar surface area (TPSA) is 55.1 Å². The SMILES string of the molecule is O=C(Nc1ccccc1Br)c1cnoc1-c1ccc2c(c1)CCCC2. The molecule has 1 heterocycles. The molecule has 0 atom stereocenters. The van der Waals surface area contributed by atoms with E-state index in [1.54, 1.807) is 0 Å². The number of para-hydroxylation sites is 1. The summed E-state index contributed by atoms with van der Waals surface area (Å²) < 4.78 is 6.24. The molecule has 0 bridgehead atoms. The lowest BCUT2D eigenvalue weighted by Gasteiger charge is -2.16. The highest BCUT2D eigenvalue weighted by Crippen LogP contribution is 2.30. The predicted molar refractivity (Wildman–Crippen MR) is 101 cm³/mol. The molecular weight excluding hydrogens is 380 g/mol. The fourth-order valence-corrected chi connectivity index (χ4v) is 3.62. The van der Waals surface area contributed by atoms with Crippen LogP contribution in [0.4, 0.5) is 5.69 Å².